The van der Waals surface area contributed by atoms with Crippen LogP contribution in [0.1, 0.15) is 11.1 Å². The molecule has 3 aromatic carbocycles. The van der Waals surface area contributed by atoms with E-state index in [9.17, 15) is 10.5 Å². The van der Waals surface area contributed by atoms with E-state index in [4.69, 9.17) is 33.2 Å². The van der Waals surface area contributed by atoms with Gasteiger partial charge in [-0.1, -0.05) is 65.7 Å². The molecule has 0 saturated heterocycles. The molecule has 0 atom stereocenters. The Labute approximate surface area is 171 Å². The molecule has 0 aliphatic heterocycles. The van der Waals surface area contributed by atoms with Crippen LogP contribution >= 0.6 is 23.2 Å². The SMILES string of the molecule is N#Cc1cc2nc(-c3ccccc3)c(-c3cccc(Cl)c3Cl)nc2cc1C#N. The Morgan fingerprint density at radius 1 is 0.714 bits per heavy atom. The molecule has 1 heterocycles. The fraction of sp³-hybridized carbons (Fsp3) is 0. The van der Waals surface area contributed by atoms with Gasteiger partial charge in [0.2, 0.25) is 0 Å². The summed E-state index contributed by atoms with van der Waals surface area (Å²) in [5, 5.41) is 19.4. The van der Waals surface area contributed by atoms with E-state index in [0.29, 0.717) is 38.0 Å². The Kier molecular flexibility index (Phi) is 4.67. The molecule has 28 heavy (non-hydrogen) atoms. The van der Waals surface area contributed by atoms with Crippen molar-refractivity contribution in [1.82, 2.24) is 9.97 Å². The van der Waals surface area contributed by atoms with Crippen LogP contribution in [0.4, 0.5) is 0 Å². The molecule has 132 valence electrons. The molecule has 0 spiro atoms. The van der Waals surface area contributed by atoms with Crippen LogP contribution in [-0.2, 0) is 0 Å². The monoisotopic (exact) mass is 400 g/mol. The summed E-state index contributed by atoms with van der Waals surface area (Å²) in [5.74, 6) is 0. The van der Waals surface area contributed by atoms with Crippen molar-refractivity contribution in [3.05, 3.63) is 81.8 Å². The number of aromatic nitrogens is 2. The first-order valence-electron chi connectivity index (χ1n) is 8.28. The molecule has 0 aliphatic rings. The van der Waals surface area contributed by atoms with Crippen LogP contribution in [0.25, 0.3) is 33.5 Å². The number of rotatable bonds is 2. The number of nitrogens with zero attached hydrogens (tertiary/aromatic N) is 4. The second-order valence-electron chi connectivity index (χ2n) is 6.00. The lowest BCUT2D eigenvalue weighted by atomic mass is 10.0. The number of hydrogen-bond acceptors (Lipinski definition) is 4. The van der Waals surface area contributed by atoms with E-state index in [1.54, 1.807) is 24.3 Å². The van der Waals surface area contributed by atoms with E-state index in [0.717, 1.165) is 5.56 Å². The lowest BCUT2D eigenvalue weighted by Crippen LogP contribution is -1.98. The summed E-state index contributed by atoms with van der Waals surface area (Å²) >= 11 is 12.7. The Balaban J connectivity index is 2.11. The first-order chi connectivity index (χ1) is 13.6. The minimum absolute atomic E-state index is 0.250. The Morgan fingerprint density at radius 3 is 1.93 bits per heavy atom. The van der Waals surface area contributed by atoms with Crippen LogP contribution in [0, 0.1) is 22.7 Å². The van der Waals surface area contributed by atoms with Gasteiger partial charge in [0.1, 0.15) is 12.1 Å². The zero-order valence-corrected chi connectivity index (χ0v) is 15.8. The quantitative estimate of drug-likeness (QED) is 0.412. The Bertz CT molecular complexity index is 1300. The highest BCUT2D eigenvalue weighted by Crippen LogP contribution is 2.38. The smallest absolute Gasteiger partial charge is 0.101 e. The molecule has 0 unspecified atom stereocenters. The van der Waals surface area contributed by atoms with E-state index in [2.05, 4.69) is 0 Å². The molecule has 0 radical (unpaired) electrons. The third-order valence-electron chi connectivity index (χ3n) is 4.30. The summed E-state index contributed by atoms with van der Waals surface area (Å²) in [6.07, 6.45) is 0. The molecule has 0 aliphatic carbocycles. The highest BCUT2D eigenvalue weighted by atomic mass is 35.5. The Morgan fingerprint density at radius 2 is 1.32 bits per heavy atom. The molecule has 4 aromatic rings. The first kappa shape index (κ1) is 17.9. The van der Waals surface area contributed by atoms with Crippen molar-refractivity contribution in [1.29, 1.82) is 10.5 Å². The van der Waals surface area contributed by atoms with Gasteiger partial charge >= 0.3 is 0 Å². The van der Waals surface area contributed by atoms with Crippen LogP contribution in [0.2, 0.25) is 10.0 Å². The molecule has 0 N–H and O–H groups in total. The van der Waals surface area contributed by atoms with Gasteiger partial charge in [-0.15, -0.1) is 0 Å². The Hall–Kier alpha value is -3.44. The molecular formula is C22H10Cl2N4. The van der Waals surface area contributed by atoms with Gasteiger partial charge in [-0.3, -0.25) is 0 Å². The van der Waals surface area contributed by atoms with Crippen LogP contribution in [0.15, 0.2) is 60.7 Å². The van der Waals surface area contributed by atoms with Gasteiger partial charge in [0.05, 0.1) is 43.6 Å². The molecule has 0 bridgehead atoms. The maximum atomic E-state index is 9.32. The van der Waals surface area contributed by atoms with E-state index >= 15 is 0 Å². The van der Waals surface area contributed by atoms with Gasteiger partial charge in [0.25, 0.3) is 0 Å². The zero-order valence-electron chi connectivity index (χ0n) is 14.3. The topological polar surface area (TPSA) is 73.4 Å². The van der Waals surface area contributed by atoms with Crippen LogP contribution in [-0.4, -0.2) is 9.97 Å². The molecule has 1 aromatic heterocycles. The van der Waals surface area contributed by atoms with E-state index in [1.165, 1.54) is 0 Å². The van der Waals surface area contributed by atoms with Crippen LogP contribution in [0.3, 0.4) is 0 Å². The van der Waals surface area contributed by atoms with E-state index in [-0.39, 0.29) is 11.1 Å². The third-order valence-corrected chi connectivity index (χ3v) is 5.12. The second kappa shape index (κ2) is 7.29. The van der Waals surface area contributed by atoms with Gasteiger partial charge in [-0.2, -0.15) is 10.5 Å². The summed E-state index contributed by atoms with van der Waals surface area (Å²) in [4.78, 5) is 9.49. The number of nitriles is 2. The second-order valence-corrected chi connectivity index (χ2v) is 6.78. The molecule has 0 amide bonds. The summed E-state index contributed by atoms with van der Waals surface area (Å²) in [7, 11) is 0. The molecule has 4 rings (SSSR count). The number of benzene rings is 3. The summed E-state index contributed by atoms with van der Waals surface area (Å²) in [5.41, 5.74) is 4.20. The van der Waals surface area contributed by atoms with Crippen molar-refractivity contribution in [3.63, 3.8) is 0 Å². The van der Waals surface area contributed by atoms with Crippen LogP contribution in [0.5, 0.6) is 0 Å². The third kappa shape index (κ3) is 3.06. The minimum atomic E-state index is 0.250. The number of hydrogen-bond donors (Lipinski definition) is 0. The van der Waals surface area contributed by atoms with Gasteiger partial charge in [0, 0.05) is 11.1 Å². The van der Waals surface area contributed by atoms with Crippen molar-refractivity contribution < 1.29 is 0 Å². The number of fused-ring (bicyclic) bond motifs is 1. The summed E-state index contributed by atoms with van der Waals surface area (Å²) in [6.45, 7) is 0. The lowest BCUT2D eigenvalue weighted by Gasteiger charge is -2.12. The molecule has 6 heteroatoms. The van der Waals surface area contributed by atoms with E-state index < -0.39 is 0 Å². The zero-order chi connectivity index (χ0) is 19.7. The van der Waals surface area contributed by atoms with Gasteiger partial charge in [-0.05, 0) is 18.2 Å². The largest absolute Gasteiger partial charge is 0.244 e. The van der Waals surface area contributed by atoms with E-state index in [1.807, 2.05) is 48.5 Å². The standard InChI is InChI=1S/C22H10Cl2N4/c23-17-8-4-7-16(20(17)24)22-21(13-5-2-1-3-6-13)27-18-9-14(11-25)15(12-26)10-19(18)28-22/h1-10H. The van der Waals surface area contributed by atoms with Gasteiger partial charge in [0.15, 0.2) is 0 Å². The average Bonchev–Trinajstić information content (AvgIpc) is 2.74. The fourth-order valence-corrected chi connectivity index (χ4v) is 3.35. The molecule has 4 nitrogen and oxygen atoms in total. The highest BCUT2D eigenvalue weighted by Gasteiger charge is 2.18. The highest BCUT2D eigenvalue weighted by molar-refractivity contribution is 6.43. The maximum Gasteiger partial charge on any atom is 0.101 e. The molecular weight excluding hydrogens is 391 g/mol. The summed E-state index contributed by atoms with van der Waals surface area (Å²) in [6, 6.07) is 22.1. The molecule has 0 saturated carbocycles. The summed E-state index contributed by atoms with van der Waals surface area (Å²) < 4.78 is 0. The minimum Gasteiger partial charge on any atom is -0.244 e. The van der Waals surface area contributed by atoms with Crippen molar-refractivity contribution in [3.8, 4) is 34.7 Å². The predicted octanol–water partition coefficient (Wildman–Crippen LogP) is 6.01. The van der Waals surface area contributed by atoms with Crippen molar-refractivity contribution >= 4 is 34.2 Å². The van der Waals surface area contributed by atoms with Crippen LogP contribution < -0.4 is 0 Å². The van der Waals surface area contributed by atoms with Crippen molar-refractivity contribution in [2.24, 2.45) is 0 Å². The predicted molar refractivity (Wildman–Crippen MR) is 110 cm³/mol. The average molecular weight is 401 g/mol. The number of halogens is 2. The van der Waals surface area contributed by atoms with Gasteiger partial charge in [-0.25, -0.2) is 9.97 Å². The lowest BCUT2D eigenvalue weighted by molar-refractivity contribution is 1.28. The maximum absolute atomic E-state index is 9.32. The molecule has 0 fully saturated rings. The normalized spacial score (nSPS) is 10.4. The van der Waals surface area contributed by atoms with Crippen molar-refractivity contribution in [2.75, 3.05) is 0 Å². The first-order valence-corrected chi connectivity index (χ1v) is 9.03. The van der Waals surface area contributed by atoms with Gasteiger partial charge < -0.3 is 0 Å². The van der Waals surface area contributed by atoms with Crippen molar-refractivity contribution in [2.45, 2.75) is 0 Å². The fourth-order valence-electron chi connectivity index (χ4n) is 2.96.